The summed E-state index contributed by atoms with van der Waals surface area (Å²) in [5.74, 6) is 0.524. The monoisotopic (exact) mass is 384 g/mol. The van der Waals surface area contributed by atoms with Gasteiger partial charge in [-0.05, 0) is 55.2 Å². The summed E-state index contributed by atoms with van der Waals surface area (Å²) in [6.07, 6.45) is 6.63. The van der Waals surface area contributed by atoms with Crippen LogP contribution in [0.2, 0.25) is 0 Å². The summed E-state index contributed by atoms with van der Waals surface area (Å²) in [4.78, 5) is 6.95. The van der Waals surface area contributed by atoms with Gasteiger partial charge in [-0.3, -0.25) is 4.98 Å². The number of aromatic nitrogens is 2. The SMILES string of the molecule is CC(C)CN1C(=S)N[C@@H](c2ccccn2)[C@H]1c1cccn1C[C@@H]1CCCO1. The first-order valence-corrected chi connectivity index (χ1v) is 10.3. The lowest BCUT2D eigenvalue weighted by Gasteiger charge is -2.30. The molecule has 3 atom stereocenters. The minimum Gasteiger partial charge on any atom is -0.376 e. The van der Waals surface area contributed by atoms with Gasteiger partial charge in [0, 0.05) is 37.8 Å². The van der Waals surface area contributed by atoms with Gasteiger partial charge < -0.3 is 19.5 Å². The molecule has 27 heavy (non-hydrogen) atoms. The van der Waals surface area contributed by atoms with Gasteiger partial charge in [0.25, 0.3) is 0 Å². The van der Waals surface area contributed by atoms with Gasteiger partial charge in [-0.1, -0.05) is 19.9 Å². The fraction of sp³-hybridized carbons (Fsp3) is 0.524. The number of hydrogen-bond donors (Lipinski definition) is 1. The Kier molecular flexibility index (Phi) is 5.45. The van der Waals surface area contributed by atoms with Crippen LogP contribution >= 0.6 is 12.2 Å². The molecule has 2 aromatic rings. The molecule has 0 aromatic carbocycles. The molecule has 2 aliphatic rings. The summed E-state index contributed by atoms with van der Waals surface area (Å²) in [5, 5.41) is 4.35. The normalized spacial score (nSPS) is 25.4. The van der Waals surface area contributed by atoms with Gasteiger partial charge in [-0.2, -0.15) is 0 Å². The number of nitrogens with zero attached hydrogens (tertiary/aromatic N) is 3. The van der Waals surface area contributed by atoms with E-state index in [0.29, 0.717) is 12.0 Å². The summed E-state index contributed by atoms with van der Waals surface area (Å²) in [5.41, 5.74) is 2.30. The van der Waals surface area contributed by atoms with E-state index in [1.54, 1.807) is 0 Å². The van der Waals surface area contributed by atoms with E-state index in [0.717, 1.165) is 43.3 Å². The third-order valence-electron chi connectivity index (χ3n) is 5.35. The highest BCUT2D eigenvalue weighted by atomic mass is 32.1. The molecule has 0 aliphatic carbocycles. The van der Waals surface area contributed by atoms with Crippen molar-refractivity contribution in [3.8, 4) is 0 Å². The Morgan fingerprint density at radius 1 is 1.30 bits per heavy atom. The lowest BCUT2D eigenvalue weighted by atomic mass is 10.0. The van der Waals surface area contributed by atoms with E-state index in [1.165, 1.54) is 5.69 Å². The predicted molar refractivity (Wildman–Crippen MR) is 110 cm³/mol. The maximum Gasteiger partial charge on any atom is 0.170 e. The zero-order valence-corrected chi connectivity index (χ0v) is 16.9. The third-order valence-corrected chi connectivity index (χ3v) is 5.70. The van der Waals surface area contributed by atoms with E-state index in [9.17, 15) is 0 Å². The first kappa shape index (κ1) is 18.4. The fourth-order valence-corrected chi connectivity index (χ4v) is 4.50. The highest BCUT2D eigenvalue weighted by Crippen LogP contribution is 2.39. The predicted octanol–water partition coefficient (Wildman–Crippen LogP) is 3.69. The minimum absolute atomic E-state index is 0.0515. The van der Waals surface area contributed by atoms with Crippen molar-refractivity contribution < 1.29 is 4.74 Å². The summed E-state index contributed by atoms with van der Waals surface area (Å²) in [6.45, 7) is 7.17. The lowest BCUT2D eigenvalue weighted by molar-refractivity contribution is 0.0952. The number of hydrogen-bond acceptors (Lipinski definition) is 3. The van der Waals surface area contributed by atoms with E-state index in [1.807, 2.05) is 18.3 Å². The van der Waals surface area contributed by atoms with Crippen LogP contribution in [0.5, 0.6) is 0 Å². The summed E-state index contributed by atoms with van der Waals surface area (Å²) < 4.78 is 8.23. The van der Waals surface area contributed by atoms with Crippen LogP contribution in [-0.4, -0.2) is 38.8 Å². The Morgan fingerprint density at radius 2 is 2.19 bits per heavy atom. The molecule has 0 spiro atoms. The van der Waals surface area contributed by atoms with E-state index in [4.69, 9.17) is 17.0 Å². The van der Waals surface area contributed by atoms with Crippen molar-refractivity contribution in [1.29, 1.82) is 0 Å². The van der Waals surface area contributed by atoms with Crippen LogP contribution in [0.1, 0.15) is 50.2 Å². The van der Waals surface area contributed by atoms with Gasteiger partial charge in [0.05, 0.1) is 23.9 Å². The van der Waals surface area contributed by atoms with Gasteiger partial charge >= 0.3 is 0 Å². The molecule has 5 nitrogen and oxygen atoms in total. The van der Waals surface area contributed by atoms with Gasteiger partial charge in [0.2, 0.25) is 0 Å². The Hall–Kier alpha value is -1.92. The number of rotatable bonds is 6. The molecule has 2 saturated heterocycles. The number of ether oxygens (including phenoxy) is 1. The second-order valence-electron chi connectivity index (χ2n) is 7.89. The van der Waals surface area contributed by atoms with E-state index in [2.05, 4.69) is 58.0 Å². The zero-order valence-electron chi connectivity index (χ0n) is 16.0. The average molecular weight is 385 g/mol. The van der Waals surface area contributed by atoms with E-state index < -0.39 is 0 Å². The average Bonchev–Trinajstić information content (AvgIpc) is 3.38. The number of thiocarbonyl (C=S) groups is 1. The van der Waals surface area contributed by atoms with Crippen molar-refractivity contribution in [3.63, 3.8) is 0 Å². The Morgan fingerprint density at radius 3 is 2.89 bits per heavy atom. The molecule has 1 N–H and O–H groups in total. The van der Waals surface area contributed by atoms with Gasteiger partial charge in [0.1, 0.15) is 0 Å². The van der Waals surface area contributed by atoms with Crippen LogP contribution in [0.4, 0.5) is 0 Å². The molecule has 4 rings (SSSR count). The lowest BCUT2D eigenvalue weighted by Crippen LogP contribution is -2.34. The maximum absolute atomic E-state index is 5.88. The Bertz CT molecular complexity index is 769. The van der Waals surface area contributed by atoms with Gasteiger partial charge in [-0.25, -0.2) is 0 Å². The maximum atomic E-state index is 5.88. The molecule has 0 saturated carbocycles. The van der Waals surface area contributed by atoms with Crippen molar-refractivity contribution in [2.24, 2.45) is 5.92 Å². The van der Waals surface area contributed by atoms with Crippen molar-refractivity contribution >= 4 is 17.3 Å². The van der Waals surface area contributed by atoms with E-state index in [-0.39, 0.29) is 12.1 Å². The van der Waals surface area contributed by atoms with Gasteiger partial charge in [0.15, 0.2) is 5.11 Å². The zero-order chi connectivity index (χ0) is 18.8. The molecule has 0 bridgehead atoms. The summed E-state index contributed by atoms with van der Waals surface area (Å²) in [7, 11) is 0. The van der Waals surface area contributed by atoms with Gasteiger partial charge in [-0.15, -0.1) is 0 Å². The molecular weight excluding hydrogens is 356 g/mol. The van der Waals surface area contributed by atoms with Crippen LogP contribution in [0.25, 0.3) is 0 Å². The Labute approximate surface area is 166 Å². The molecule has 2 fully saturated rings. The van der Waals surface area contributed by atoms with Crippen LogP contribution in [0, 0.1) is 5.92 Å². The third kappa shape index (κ3) is 3.87. The number of pyridine rings is 1. The second-order valence-corrected chi connectivity index (χ2v) is 8.28. The van der Waals surface area contributed by atoms with Crippen LogP contribution in [0.15, 0.2) is 42.7 Å². The molecule has 0 radical (unpaired) electrons. The quantitative estimate of drug-likeness (QED) is 0.770. The highest BCUT2D eigenvalue weighted by Gasteiger charge is 2.41. The molecule has 2 aromatic heterocycles. The Balaban J connectivity index is 1.68. The van der Waals surface area contributed by atoms with Crippen molar-refractivity contribution in [2.75, 3.05) is 13.2 Å². The minimum atomic E-state index is 0.0515. The largest absolute Gasteiger partial charge is 0.376 e. The summed E-state index contributed by atoms with van der Waals surface area (Å²) >= 11 is 5.73. The van der Waals surface area contributed by atoms with E-state index >= 15 is 0 Å². The van der Waals surface area contributed by atoms with Crippen LogP contribution in [-0.2, 0) is 11.3 Å². The highest BCUT2D eigenvalue weighted by molar-refractivity contribution is 7.80. The molecule has 0 unspecified atom stereocenters. The standard InChI is InChI=1S/C21H28N4OS/c1-15(2)13-25-20(19(23-21(25)27)17-8-3-4-10-22-17)18-9-5-11-24(18)14-16-7-6-12-26-16/h3-5,8-11,15-16,19-20H,6-7,12-14H2,1-2H3,(H,23,27)/t16-,19-,20+/m0/s1. The molecule has 4 heterocycles. The summed E-state index contributed by atoms with van der Waals surface area (Å²) in [6, 6.07) is 10.6. The van der Waals surface area contributed by atoms with Crippen molar-refractivity contribution in [1.82, 2.24) is 19.8 Å². The topological polar surface area (TPSA) is 42.3 Å². The smallest absolute Gasteiger partial charge is 0.170 e. The second kappa shape index (κ2) is 7.98. The first-order chi connectivity index (χ1) is 13.1. The fourth-order valence-electron chi connectivity index (χ4n) is 4.19. The van der Waals surface area contributed by atoms with Crippen LogP contribution < -0.4 is 5.32 Å². The van der Waals surface area contributed by atoms with Crippen LogP contribution in [0.3, 0.4) is 0 Å². The molecule has 2 aliphatic heterocycles. The number of nitrogens with one attached hydrogen (secondary N) is 1. The molecular formula is C21H28N4OS. The van der Waals surface area contributed by atoms with Crippen molar-refractivity contribution in [2.45, 2.75) is 51.4 Å². The molecule has 144 valence electrons. The molecule has 6 heteroatoms. The van der Waals surface area contributed by atoms with Crippen molar-refractivity contribution in [3.05, 3.63) is 54.1 Å². The first-order valence-electron chi connectivity index (χ1n) is 9.88. The molecule has 0 amide bonds.